The molecule has 1 amide bonds. The van der Waals surface area contributed by atoms with Crippen molar-refractivity contribution in [3.05, 3.63) is 59.4 Å². The van der Waals surface area contributed by atoms with Gasteiger partial charge in [-0.15, -0.1) is 0 Å². The molecule has 2 aliphatic rings. The number of nitrogens with one attached hydrogen (secondary N) is 2. The maximum absolute atomic E-state index is 12.2. The summed E-state index contributed by atoms with van der Waals surface area (Å²) in [5.41, 5.74) is 3.94. The van der Waals surface area contributed by atoms with Crippen molar-refractivity contribution >= 4 is 17.5 Å². The van der Waals surface area contributed by atoms with Gasteiger partial charge in [0.2, 0.25) is 11.9 Å². The zero-order chi connectivity index (χ0) is 20.4. The summed E-state index contributed by atoms with van der Waals surface area (Å²) >= 11 is 0. The van der Waals surface area contributed by atoms with Crippen LogP contribution in [0.2, 0.25) is 0 Å². The van der Waals surface area contributed by atoms with Crippen LogP contribution in [-0.2, 0) is 20.7 Å². The van der Waals surface area contributed by atoms with Gasteiger partial charge in [0.15, 0.2) is 0 Å². The summed E-state index contributed by atoms with van der Waals surface area (Å²) in [6.07, 6.45) is 7.13. The molecule has 1 aromatic heterocycles. The highest BCUT2D eigenvalue weighted by molar-refractivity contribution is 6.00. The third kappa shape index (κ3) is 3.74. The normalized spacial score (nSPS) is 19.9. The summed E-state index contributed by atoms with van der Waals surface area (Å²) < 4.78 is 10.8. The molecule has 0 saturated carbocycles. The molecule has 0 radical (unpaired) electrons. The largest absolute Gasteiger partial charge is 0.374 e. The van der Waals surface area contributed by atoms with Crippen LogP contribution >= 0.6 is 0 Å². The van der Waals surface area contributed by atoms with Crippen molar-refractivity contribution in [2.45, 2.75) is 18.6 Å². The Labute approximate surface area is 167 Å². The molecular weight excluding hydrogens is 370 g/mol. The van der Waals surface area contributed by atoms with E-state index in [9.17, 15) is 4.79 Å². The van der Waals surface area contributed by atoms with E-state index in [-0.39, 0.29) is 24.5 Å². The maximum Gasteiger partial charge on any atom is 0.228 e. The van der Waals surface area contributed by atoms with E-state index in [0.717, 1.165) is 16.8 Å². The second kappa shape index (κ2) is 7.83. The first kappa shape index (κ1) is 18.8. The molecule has 0 fully saturated rings. The molecule has 0 spiro atoms. The summed E-state index contributed by atoms with van der Waals surface area (Å²) in [5.74, 6) is 0.228. The number of carbonyl (C=O) groups excluding carboxylic acids is 1. The van der Waals surface area contributed by atoms with Crippen LogP contribution in [-0.4, -0.2) is 42.3 Å². The molecule has 29 heavy (non-hydrogen) atoms. The van der Waals surface area contributed by atoms with Gasteiger partial charge in [0, 0.05) is 37.2 Å². The molecule has 2 N–H and O–H groups in total. The lowest BCUT2D eigenvalue weighted by atomic mass is 10.0. The minimum atomic E-state index is -0.222. The lowest BCUT2D eigenvalue weighted by Crippen LogP contribution is -2.29. The Bertz CT molecular complexity index is 1070. The fourth-order valence-electron chi connectivity index (χ4n) is 3.38. The van der Waals surface area contributed by atoms with Crippen molar-refractivity contribution in [3.8, 4) is 17.3 Å². The van der Waals surface area contributed by atoms with E-state index in [4.69, 9.17) is 14.7 Å². The van der Waals surface area contributed by atoms with E-state index in [1.807, 2.05) is 18.2 Å². The Hall–Kier alpha value is -3.54. The number of nitriles is 1. The Kier molecular flexibility index (Phi) is 5.08. The molecule has 2 aromatic rings. The van der Waals surface area contributed by atoms with Crippen molar-refractivity contribution in [3.63, 3.8) is 0 Å². The zero-order valence-electron chi connectivity index (χ0n) is 16.0. The molecule has 1 aromatic carbocycles. The number of carbonyl (C=O) groups is 1. The van der Waals surface area contributed by atoms with Crippen LogP contribution in [0.1, 0.15) is 11.1 Å². The monoisotopic (exact) mass is 389 g/mol. The number of amides is 1. The number of hydrogen-bond acceptors (Lipinski definition) is 7. The number of ether oxygens (including phenoxy) is 2. The summed E-state index contributed by atoms with van der Waals surface area (Å²) in [4.78, 5) is 21.2. The number of allylic oxidation sites excluding steroid dienone is 1. The van der Waals surface area contributed by atoms with E-state index < -0.39 is 0 Å². The summed E-state index contributed by atoms with van der Waals surface area (Å²) in [6.45, 7) is 0. The Morgan fingerprint density at radius 3 is 2.86 bits per heavy atom. The standard InChI is InChI=1S/C21H19N5O3/c1-28-17-6-4-14(9-18(17)29-2)24-21-23-11-13-8-19(27)25-16-7-12(10-22)3-5-15(16)20(13)26-21/h3-7,9,11,17-18H,8H2,1-2H3,(H,25,27)(H,23,24,26). The molecule has 1 aliphatic heterocycles. The van der Waals surface area contributed by atoms with E-state index >= 15 is 0 Å². The second-order valence-electron chi connectivity index (χ2n) is 6.67. The van der Waals surface area contributed by atoms with Crippen molar-refractivity contribution in [2.24, 2.45) is 0 Å². The molecule has 4 rings (SSSR count). The van der Waals surface area contributed by atoms with Gasteiger partial charge in [-0.1, -0.05) is 6.08 Å². The molecule has 8 nitrogen and oxygen atoms in total. The highest BCUT2D eigenvalue weighted by Crippen LogP contribution is 2.33. The average molecular weight is 389 g/mol. The van der Waals surface area contributed by atoms with Gasteiger partial charge < -0.3 is 20.1 Å². The molecule has 2 atom stereocenters. The van der Waals surface area contributed by atoms with Gasteiger partial charge in [-0.2, -0.15) is 5.26 Å². The zero-order valence-corrected chi connectivity index (χ0v) is 16.0. The predicted octanol–water partition coefficient (Wildman–Crippen LogP) is 2.41. The second-order valence-corrected chi connectivity index (χ2v) is 6.67. The SMILES string of the molecule is COC1C=CC(Nc2ncc3c(n2)-c2ccc(C#N)cc2NC(=O)C3)=CC1OC. The van der Waals surface area contributed by atoms with E-state index in [2.05, 4.69) is 26.7 Å². The summed E-state index contributed by atoms with van der Waals surface area (Å²) in [7, 11) is 3.26. The number of aromatic nitrogens is 2. The average Bonchev–Trinajstić information content (AvgIpc) is 2.88. The van der Waals surface area contributed by atoms with Crippen LogP contribution in [0.25, 0.3) is 11.3 Å². The topological polar surface area (TPSA) is 109 Å². The molecule has 0 bridgehead atoms. The smallest absolute Gasteiger partial charge is 0.228 e. The third-order valence-corrected chi connectivity index (χ3v) is 4.83. The number of benzene rings is 1. The van der Waals surface area contributed by atoms with Gasteiger partial charge in [0.1, 0.15) is 12.2 Å². The fourth-order valence-corrected chi connectivity index (χ4v) is 3.38. The molecule has 2 heterocycles. The van der Waals surface area contributed by atoms with Gasteiger partial charge in [0.05, 0.1) is 29.4 Å². The van der Waals surface area contributed by atoms with Crippen LogP contribution in [0.5, 0.6) is 0 Å². The molecule has 2 unspecified atom stereocenters. The third-order valence-electron chi connectivity index (χ3n) is 4.83. The van der Waals surface area contributed by atoms with E-state index in [1.165, 1.54) is 0 Å². The van der Waals surface area contributed by atoms with Crippen molar-refractivity contribution in [1.82, 2.24) is 9.97 Å². The van der Waals surface area contributed by atoms with Crippen molar-refractivity contribution < 1.29 is 14.3 Å². The number of rotatable bonds is 4. The highest BCUT2D eigenvalue weighted by atomic mass is 16.5. The molecule has 1 aliphatic carbocycles. The minimum Gasteiger partial charge on any atom is -0.374 e. The van der Waals surface area contributed by atoms with Crippen LogP contribution < -0.4 is 10.6 Å². The predicted molar refractivity (Wildman–Crippen MR) is 107 cm³/mol. The molecule has 0 saturated heterocycles. The van der Waals surface area contributed by atoms with Crippen molar-refractivity contribution in [1.29, 1.82) is 5.26 Å². The quantitative estimate of drug-likeness (QED) is 0.826. The van der Waals surface area contributed by atoms with Gasteiger partial charge >= 0.3 is 0 Å². The van der Waals surface area contributed by atoms with Crippen molar-refractivity contribution in [2.75, 3.05) is 24.9 Å². The van der Waals surface area contributed by atoms with Gasteiger partial charge in [-0.3, -0.25) is 4.79 Å². The van der Waals surface area contributed by atoms with Crippen LogP contribution in [0.15, 0.2) is 48.3 Å². The first-order chi connectivity index (χ1) is 14.1. The Balaban J connectivity index is 1.69. The first-order valence-electron chi connectivity index (χ1n) is 9.04. The minimum absolute atomic E-state index is 0.156. The number of anilines is 2. The fraction of sp³-hybridized carbons (Fsp3) is 0.238. The number of methoxy groups -OCH3 is 2. The van der Waals surface area contributed by atoms with Gasteiger partial charge in [0.25, 0.3) is 0 Å². The molecular formula is C21H19N5O3. The van der Waals surface area contributed by atoms with Gasteiger partial charge in [-0.25, -0.2) is 9.97 Å². The van der Waals surface area contributed by atoms with Crippen LogP contribution in [0.4, 0.5) is 11.6 Å². The van der Waals surface area contributed by atoms with Gasteiger partial charge in [-0.05, 0) is 30.4 Å². The lowest BCUT2D eigenvalue weighted by molar-refractivity contribution is -0.115. The first-order valence-corrected chi connectivity index (χ1v) is 9.04. The Morgan fingerprint density at radius 1 is 1.28 bits per heavy atom. The Morgan fingerprint density at radius 2 is 2.10 bits per heavy atom. The molecule has 8 heteroatoms. The summed E-state index contributed by atoms with van der Waals surface area (Å²) in [6, 6.07) is 7.23. The highest BCUT2D eigenvalue weighted by Gasteiger charge is 2.23. The number of nitrogens with zero attached hydrogens (tertiary/aromatic N) is 3. The van der Waals surface area contributed by atoms with E-state index in [0.29, 0.717) is 22.9 Å². The number of hydrogen-bond donors (Lipinski definition) is 2. The number of fused-ring (bicyclic) bond motifs is 3. The van der Waals surface area contributed by atoms with Crippen LogP contribution in [0.3, 0.4) is 0 Å². The maximum atomic E-state index is 12.2. The summed E-state index contributed by atoms with van der Waals surface area (Å²) in [5, 5.41) is 15.2. The lowest BCUT2D eigenvalue weighted by Gasteiger charge is -2.24. The van der Waals surface area contributed by atoms with E-state index in [1.54, 1.807) is 38.6 Å². The molecule has 146 valence electrons. The van der Waals surface area contributed by atoms with Crippen LogP contribution in [0, 0.1) is 11.3 Å².